The van der Waals surface area contributed by atoms with Crippen LogP contribution in [0, 0.1) is 5.92 Å². The number of aromatic carboxylic acids is 1. The highest BCUT2D eigenvalue weighted by atomic mass is 16.4. The predicted molar refractivity (Wildman–Crippen MR) is 85.9 cm³/mol. The lowest BCUT2D eigenvalue weighted by Crippen LogP contribution is -2.17. The van der Waals surface area contributed by atoms with E-state index in [-0.39, 0.29) is 6.04 Å². The van der Waals surface area contributed by atoms with Gasteiger partial charge in [-0.3, -0.25) is 0 Å². The number of carboxylic acid groups (broad SMARTS) is 1. The number of fused-ring (bicyclic) bond motifs is 1. The zero-order chi connectivity index (χ0) is 15.4. The van der Waals surface area contributed by atoms with Gasteiger partial charge in [-0.2, -0.15) is 0 Å². The van der Waals surface area contributed by atoms with E-state index < -0.39 is 5.97 Å². The van der Waals surface area contributed by atoms with Crippen molar-refractivity contribution in [1.82, 2.24) is 4.98 Å². The first-order valence-electron chi connectivity index (χ1n) is 7.37. The van der Waals surface area contributed by atoms with Crippen molar-refractivity contribution in [1.29, 1.82) is 0 Å². The molecule has 1 unspecified atom stereocenters. The first-order chi connectivity index (χ1) is 9.97. The quantitative estimate of drug-likeness (QED) is 0.836. The molecule has 1 aromatic carbocycles. The number of carbonyl (C=O) groups is 1. The lowest BCUT2D eigenvalue weighted by molar-refractivity contribution is 0.0699. The van der Waals surface area contributed by atoms with Crippen LogP contribution >= 0.6 is 0 Å². The number of nitrogens with zero attached hydrogens (tertiary/aromatic N) is 1. The van der Waals surface area contributed by atoms with Crippen molar-refractivity contribution in [2.45, 2.75) is 39.7 Å². The Labute approximate surface area is 125 Å². The maximum atomic E-state index is 11.4. The molecule has 1 atom stereocenters. The Morgan fingerprint density at radius 3 is 2.62 bits per heavy atom. The second-order valence-corrected chi connectivity index (χ2v) is 5.89. The molecule has 0 saturated heterocycles. The minimum absolute atomic E-state index is 0.266. The number of aromatic nitrogens is 1. The zero-order valence-corrected chi connectivity index (χ0v) is 12.8. The molecule has 1 heterocycles. The largest absolute Gasteiger partial charge is 0.478 e. The van der Waals surface area contributed by atoms with Crippen LogP contribution in [0.15, 0.2) is 30.3 Å². The highest BCUT2D eigenvalue weighted by Crippen LogP contribution is 2.22. The van der Waals surface area contributed by atoms with Gasteiger partial charge in [-0.05, 0) is 37.8 Å². The van der Waals surface area contributed by atoms with Crippen molar-refractivity contribution < 1.29 is 9.90 Å². The average molecular weight is 286 g/mol. The molecule has 4 heteroatoms. The molecule has 0 saturated carbocycles. The summed E-state index contributed by atoms with van der Waals surface area (Å²) in [5, 5.41) is 13.3. The van der Waals surface area contributed by atoms with Crippen LogP contribution in [0.5, 0.6) is 0 Å². The van der Waals surface area contributed by atoms with Gasteiger partial charge in [-0.25, -0.2) is 9.78 Å². The fourth-order valence-corrected chi connectivity index (χ4v) is 2.33. The number of benzene rings is 1. The van der Waals surface area contributed by atoms with Crippen LogP contribution in [-0.4, -0.2) is 22.1 Å². The Morgan fingerprint density at radius 1 is 1.24 bits per heavy atom. The maximum Gasteiger partial charge on any atom is 0.336 e. The van der Waals surface area contributed by atoms with Gasteiger partial charge < -0.3 is 10.4 Å². The Kier molecular flexibility index (Phi) is 4.78. The monoisotopic (exact) mass is 286 g/mol. The summed E-state index contributed by atoms with van der Waals surface area (Å²) in [5.41, 5.74) is 0.995. The number of rotatable bonds is 6. The molecule has 0 aliphatic carbocycles. The van der Waals surface area contributed by atoms with E-state index in [4.69, 9.17) is 0 Å². The molecule has 0 aliphatic heterocycles. The van der Waals surface area contributed by atoms with E-state index >= 15 is 0 Å². The molecule has 0 amide bonds. The molecule has 4 nitrogen and oxygen atoms in total. The molecule has 21 heavy (non-hydrogen) atoms. The number of pyridine rings is 1. The van der Waals surface area contributed by atoms with E-state index in [1.807, 2.05) is 18.2 Å². The molecule has 2 rings (SSSR count). The lowest BCUT2D eigenvalue weighted by atomic mass is 10.0. The second-order valence-electron chi connectivity index (χ2n) is 5.89. The first-order valence-corrected chi connectivity index (χ1v) is 7.37. The van der Waals surface area contributed by atoms with Crippen molar-refractivity contribution >= 4 is 22.7 Å². The Balaban J connectivity index is 2.26. The molecule has 0 aliphatic rings. The Morgan fingerprint density at radius 2 is 1.95 bits per heavy atom. The number of hydrogen-bond donors (Lipinski definition) is 2. The van der Waals surface area contributed by atoms with Gasteiger partial charge in [0.2, 0.25) is 0 Å². The minimum Gasteiger partial charge on any atom is -0.478 e. The highest BCUT2D eigenvalue weighted by Gasteiger charge is 2.12. The zero-order valence-electron chi connectivity index (χ0n) is 12.8. The summed E-state index contributed by atoms with van der Waals surface area (Å²) >= 11 is 0. The maximum absolute atomic E-state index is 11.4. The average Bonchev–Trinajstić information content (AvgIpc) is 2.44. The predicted octanol–water partition coefficient (Wildman–Crippen LogP) is 4.17. The van der Waals surface area contributed by atoms with Gasteiger partial charge in [-0.1, -0.05) is 32.0 Å². The van der Waals surface area contributed by atoms with Gasteiger partial charge >= 0.3 is 5.97 Å². The summed E-state index contributed by atoms with van der Waals surface area (Å²) in [6.45, 7) is 6.49. The minimum atomic E-state index is -0.925. The molecular weight excluding hydrogens is 264 g/mol. The van der Waals surface area contributed by atoms with E-state index in [0.29, 0.717) is 28.2 Å². The van der Waals surface area contributed by atoms with Crippen LogP contribution in [0.4, 0.5) is 5.82 Å². The van der Waals surface area contributed by atoms with Gasteiger partial charge in [0.25, 0.3) is 0 Å². The molecule has 0 fully saturated rings. The van der Waals surface area contributed by atoms with Gasteiger partial charge in [0.15, 0.2) is 0 Å². The van der Waals surface area contributed by atoms with E-state index in [1.54, 1.807) is 12.1 Å². The fourth-order valence-electron chi connectivity index (χ4n) is 2.33. The molecule has 112 valence electrons. The summed E-state index contributed by atoms with van der Waals surface area (Å²) in [4.78, 5) is 15.9. The third-order valence-corrected chi connectivity index (χ3v) is 3.52. The van der Waals surface area contributed by atoms with Gasteiger partial charge in [0.05, 0.1) is 11.1 Å². The van der Waals surface area contributed by atoms with E-state index in [9.17, 15) is 9.90 Å². The van der Waals surface area contributed by atoms with E-state index in [2.05, 4.69) is 31.1 Å². The standard InChI is InChI=1S/C17H22N2O2/c1-11(2)8-9-12(3)18-16-10-14(17(20)21)13-6-4-5-7-15(13)19-16/h4-7,10-12H,8-9H2,1-3H3,(H,18,19)(H,20,21). The van der Waals surface area contributed by atoms with E-state index in [1.165, 1.54) is 0 Å². The van der Waals surface area contributed by atoms with Crippen molar-refractivity contribution in [2.24, 2.45) is 5.92 Å². The smallest absolute Gasteiger partial charge is 0.336 e. The SMILES string of the molecule is CC(C)CCC(C)Nc1cc(C(=O)O)c2ccccc2n1. The van der Waals surface area contributed by atoms with Crippen molar-refractivity contribution in [3.05, 3.63) is 35.9 Å². The molecular formula is C17H22N2O2. The van der Waals surface area contributed by atoms with Gasteiger partial charge in [0, 0.05) is 11.4 Å². The number of hydrogen-bond acceptors (Lipinski definition) is 3. The van der Waals surface area contributed by atoms with Crippen molar-refractivity contribution in [3.63, 3.8) is 0 Å². The van der Waals surface area contributed by atoms with Crippen LogP contribution < -0.4 is 5.32 Å². The van der Waals surface area contributed by atoms with Crippen LogP contribution in [0.2, 0.25) is 0 Å². The third kappa shape index (κ3) is 3.94. The molecule has 0 radical (unpaired) electrons. The molecule has 2 N–H and O–H groups in total. The number of carboxylic acids is 1. The second kappa shape index (κ2) is 6.57. The molecule has 0 spiro atoms. The Bertz CT molecular complexity index is 638. The molecule has 2 aromatic rings. The van der Waals surface area contributed by atoms with Crippen molar-refractivity contribution in [3.8, 4) is 0 Å². The summed E-state index contributed by atoms with van der Waals surface area (Å²) in [5.74, 6) is 0.363. The normalized spacial score (nSPS) is 12.6. The van der Waals surface area contributed by atoms with Crippen LogP contribution in [0.25, 0.3) is 10.9 Å². The summed E-state index contributed by atoms with van der Waals surface area (Å²) in [6.07, 6.45) is 2.17. The summed E-state index contributed by atoms with van der Waals surface area (Å²) in [6, 6.07) is 9.21. The fraction of sp³-hybridized carbons (Fsp3) is 0.412. The van der Waals surface area contributed by atoms with Crippen LogP contribution in [0.3, 0.4) is 0 Å². The highest BCUT2D eigenvalue weighted by molar-refractivity contribution is 6.03. The number of nitrogens with one attached hydrogen (secondary N) is 1. The van der Waals surface area contributed by atoms with Gasteiger partial charge in [0.1, 0.15) is 5.82 Å². The molecule has 1 aromatic heterocycles. The number of para-hydroxylation sites is 1. The van der Waals surface area contributed by atoms with Crippen molar-refractivity contribution in [2.75, 3.05) is 5.32 Å². The first kappa shape index (κ1) is 15.3. The number of anilines is 1. The third-order valence-electron chi connectivity index (χ3n) is 3.52. The van der Waals surface area contributed by atoms with Crippen LogP contribution in [-0.2, 0) is 0 Å². The molecule has 0 bridgehead atoms. The Hall–Kier alpha value is -2.10. The summed E-state index contributed by atoms with van der Waals surface area (Å²) in [7, 11) is 0. The van der Waals surface area contributed by atoms with E-state index in [0.717, 1.165) is 12.8 Å². The lowest BCUT2D eigenvalue weighted by Gasteiger charge is -2.16. The topological polar surface area (TPSA) is 62.2 Å². The van der Waals surface area contributed by atoms with Crippen LogP contribution in [0.1, 0.15) is 44.0 Å². The summed E-state index contributed by atoms with van der Waals surface area (Å²) < 4.78 is 0. The van der Waals surface area contributed by atoms with Gasteiger partial charge in [-0.15, -0.1) is 0 Å².